The first-order valence-electron chi connectivity index (χ1n) is 7.32. The van der Waals surface area contributed by atoms with Crippen molar-refractivity contribution in [2.45, 2.75) is 19.1 Å². The van der Waals surface area contributed by atoms with Gasteiger partial charge in [-0.05, 0) is 31.2 Å². The van der Waals surface area contributed by atoms with E-state index in [4.69, 9.17) is 11.6 Å². The van der Waals surface area contributed by atoms with E-state index >= 15 is 0 Å². The number of nitrogens with one attached hydrogen (secondary N) is 2. The van der Waals surface area contributed by atoms with E-state index in [9.17, 15) is 22.4 Å². The third-order valence-corrected chi connectivity index (χ3v) is 3.40. The third-order valence-electron chi connectivity index (χ3n) is 3.09. The molecule has 1 aromatic heterocycles. The predicted octanol–water partition coefficient (Wildman–Crippen LogP) is 4.25. The molecule has 1 heterocycles. The second-order valence-corrected chi connectivity index (χ2v) is 5.68. The summed E-state index contributed by atoms with van der Waals surface area (Å²) in [6, 6.07) is 5.50. The Morgan fingerprint density at radius 1 is 1.31 bits per heavy atom. The van der Waals surface area contributed by atoms with Gasteiger partial charge in [-0.2, -0.15) is 13.2 Å². The Kier molecular flexibility index (Phi) is 6.25. The van der Waals surface area contributed by atoms with Crippen LogP contribution in [0, 0.1) is 5.82 Å². The number of rotatable bonds is 6. The van der Waals surface area contributed by atoms with Gasteiger partial charge in [-0.1, -0.05) is 11.6 Å². The molecule has 2 rings (SSSR count). The highest BCUT2D eigenvalue weighted by atomic mass is 35.5. The predicted molar refractivity (Wildman–Crippen MR) is 88.9 cm³/mol. The van der Waals surface area contributed by atoms with Gasteiger partial charge in [-0.3, -0.25) is 4.79 Å². The number of amides is 1. The van der Waals surface area contributed by atoms with Crippen LogP contribution in [0.4, 0.5) is 28.9 Å². The molecule has 5 nitrogen and oxygen atoms in total. The highest BCUT2D eigenvalue weighted by Crippen LogP contribution is 2.23. The number of hydrogen-bond donors (Lipinski definition) is 2. The van der Waals surface area contributed by atoms with Crippen molar-refractivity contribution in [2.24, 2.45) is 0 Å². The lowest BCUT2D eigenvalue weighted by molar-refractivity contribution is -0.154. The number of carbonyl (C=O) groups is 1. The summed E-state index contributed by atoms with van der Waals surface area (Å²) in [4.78, 5) is 15.9. The standard InChI is InChI=1S/C16H14ClF4N3O2/c1-9(15(25)24-13-4-2-10(18)6-12(13)17)23-11-3-5-14(22-7-11)26-8-16(19,20)21/h2-7,9,23H,8H2,1H3,(H,24,25). The summed E-state index contributed by atoms with van der Waals surface area (Å²) in [6.45, 7) is 0.116. The summed E-state index contributed by atoms with van der Waals surface area (Å²) in [5.74, 6) is -1.17. The van der Waals surface area contributed by atoms with Crippen LogP contribution in [0.5, 0.6) is 5.88 Å². The molecule has 0 aliphatic rings. The number of aromatic nitrogens is 1. The van der Waals surface area contributed by atoms with Crippen molar-refractivity contribution < 1.29 is 27.1 Å². The van der Waals surface area contributed by atoms with Crippen LogP contribution < -0.4 is 15.4 Å². The van der Waals surface area contributed by atoms with Gasteiger partial charge in [-0.25, -0.2) is 9.37 Å². The fraction of sp³-hybridized carbons (Fsp3) is 0.250. The average molecular weight is 392 g/mol. The smallest absolute Gasteiger partial charge is 0.422 e. The van der Waals surface area contributed by atoms with Gasteiger partial charge in [0.25, 0.3) is 0 Å². The Bertz CT molecular complexity index is 769. The molecule has 0 saturated heterocycles. The fourth-order valence-corrected chi connectivity index (χ4v) is 2.07. The highest BCUT2D eigenvalue weighted by molar-refractivity contribution is 6.33. The topological polar surface area (TPSA) is 63.2 Å². The van der Waals surface area contributed by atoms with Crippen molar-refractivity contribution in [3.05, 3.63) is 47.4 Å². The number of ether oxygens (including phenoxy) is 1. The Labute approximate surface area is 151 Å². The molecule has 0 radical (unpaired) electrons. The van der Waals surface area contributed by atoms with Crippen molar-refractivity contribution in [3.63, 3.8) is 0 Å². The quantitative estimate of drug-likeness (QED) is 0.722. The molecule has 1 amide bonds. The lowest BCUT2D eigenvalue weighted by atomic mass is 10.2. The van der Waals surface area contributed by atoms with Crippen LogP contribution in [-0.4, -0.2) is 29.7 Å². The molecule has 0 aliphatic heterocycles. The van der Waals surface area contributed by atoms with E-state index in [1.54, 1.807) is 6.92 Å². The van der Waals surface area contributed by atoms with E-state index in [0.29, 0.717) is 5.69 Å². The number of nitrogens with zero attached hydrogens (tertiary/aromatic N) is 1. The van der Waals surface area contributed by atoms with Crippen LogP contribution in [0.15, 0.2) is 36.5 Å². The molecule has 1 unspecified atom stereocenters. The number of alkyl halides is 3. The van der Waals surface area contributed by atoms with E-state index in [-0.39, 0.29) is 16.6 Å². The molecule has 10 heteroatoms. The van der Waals surface area contributed by atoms with Gasteiger partial charge in [-0.15, -0.1) is 0 Å². The minimum Gasteiger partial charge on any atom is -0.468 e. The Morgan fingerprint density at radius 2 is 2.04 bits per heavy atom. The fourth-order valence-electron chi connectivity index (χ4n) is 1.85. The summed E-state index contributed by atoms with van der Waals surface area (Å²) in [7, 11) is 0. The zero-order valence-electron chi connectivity index (χ0n) is 13.4. The minimum absolute atomic E-state index is 0.0541. The number of benzene rings is 1. The van der Waals surface area contributed by atoms with Gasteiger partial charge in [0, 0.05) is 6.07 Å². The Hall–Kier alpha value is -2.55. The zero-order chi connectivity index (χ0) is 19.3. The van der Waals surface area contributed by atoms with Crippen LogP contribution in [0.2, 0.25) is 5.02 Å². The van der Waals surface area contributed by atoms with Crippen molar-refractivity contribution in [1.29, 1.82) is 0 Å². The van der Waals surface area contributed by atoms with Crippen LogP contribution >= 0.6 is 11.6 Å². The van der Waals surface area contributed by atoms with Crippen molar-refractivity contribution in [2.75, 3.05) is 17.2 Å². The summed E-state index contributed by atoms with van der Waals surface area (Å²) in [5, 5.41) is 5.41. The van der Waals surface area contributed by atoms with Gasteiger partial charge in [0.1, 0.15) is 11.9 Å². The molecule has 2 aromatic rings. The van der Waals surface area contributed by atoms with Gasteiger partial charge in [0.15, 0.2) is 6.61 Å². The largest absolute Gasteiger partial charge is 0.468 e. The number of carbonyl (C=O) groups excluding carboxylic acids is 1. The molecule has 26 heavy (non-hydrogen) atoms. The number of anilines is 2. The Balaban J connectivity index is 1.92. The first kappa shape index (κ1) is 19.8. The lowest BCUT2D eigenvalue weighted by Gasteiger charge is -2.16. The molecule has 2 N–H and O–H groups in total. The third kappa shape index (κ3) is 6.07. The molecule has 1 aromatic carbocycles. The second-order valence-electron chi connectivity index (χ2n) is 5.27. The number of pyridine rings is 1. The molecule has 0 aliphatic carbocycles. The summed E-state index contributed by atoms with van der Waals surface area (Å²) in [5.41, 5.74) is 0.651. The average Bonchev–Trinajstić information content (AvgIpc) is 2.56. The van der Waals surface area contributed by atoms with Crippen molar-refractivity contribution in [1.82, 2.24) is 4.98 Å². The van der Waals surface area contributed by atoms with Crippen molar-refractivity contribution in [3.8, 4) is 5.88 Å². The lowest BCUT2D eigenvalue weighted by Crippen LogP contribution is -2.32. The van der Waals surface area contributed by atoms with Crippen LogP contribution in [0.3, 0.4) is 0 Å². The summed E-state index contributed by atoms with van der Waals surface area (Å²) >= 11 is 5.84. The molecular weight excluding hydrogens is 378 g/mol. The first-order chi connectivity index (χ1) is 12.1. The van der Waals surface area contributed by atoms with Gasteiger partial charge < -0.3 is 15.4 Å². The maximum Gasteiger partial charge on any atom is 0.422 e. The number of hydrogen-bond acceptors (Lipinski definition) is 4. The zero-order valence-corrected chi connectivity index (χ0v) is 14.2. The van der Waals surface area contributed by atoms with E-state index in [1.807, 2.05) is 0 Å². The molecular formula is C16H14ClF4N3O2. The van der Waals surface area contributed by atoms with Gasteiger partial charge >= 0.3 is 6.18 Å². The minimum atomic E-state index is -4.45. The maximum absolute atomic E-state index is 13.0. The van der Waals surface area contributed by atoms with Crippen LogP contribution in [-0.2, 0) is 4.79 Å². The number of halogens is 5. The molecule has 0 bridgehead atoms. The summed E-state index contributed by atoms with van der Waals surface area (Å²) < 4.78 is 53.7. The van der Waals surface area contributed by atoms with E-state index < -0.39 is 30.5 Å². The van der Waals surface area contributed by atoms with Gasteiger partial charge in [0.2, 0.25) is 11.8 Å². The van der Waals surface area contributed by atoms with Crippen LogP contribution in [0.1, 0.15) is 6.92 Å². The van der Waals surface area contributed by atoms with Crippen LogP contribution in [0.25, 0.3) is 0 Å². The van der Waals surface area contributed by atoms with E-state index in [0.717, 1.165) is 12.1 Å². The summed E-state index contributed by atoms with van der Waals surface area (Å²) in [6.07, 6.45) is -3.22. The molecule has 0 fully saturated rings. The molecule has 140 valence electrons. The Morgan fingerprint density at radius 3 is 2.62 bits per heavy atom. The monoisotopic (exact) mass is 391 g/mol. The maximum atomic E-state index is 13.0. The van der Waals surface area contributed by atoms with Gasteiger partial charge in [0.05, 0.1) is 22.6 Å². The molecule has 0 spiro atoms. The van der Waals surface area contributed by atoms with E-state index in [2.05, 4.69) is 20.4 Å². The second kappa shape index (κ2) is 8.22. The normalized spacial score (nSPS) is 12.4. The highest BCUT2D eigenvalue weighted by Gasteiger charge is 2.28. The van der Waals surface area contributed by atoms with Crippen molar-refractivity contribution >= 4 is 28.9 Å². The van der Waals surface area contributed by atoms with E-state index in [1.165, 1.54) is 24.4 Å². The SMILES string of the molecule is CC(Nc1ccc(OCC(F)(F)F)nc1)C(=O)Nc1ccc(F)cc1Cl. The first-order valence-corrected chi connectivity index (χ1v) is 7.70. The molecule has 0 saturated carbocycles. The molecule has 1 atom stereocenters.